The summed E-state index contributed by atoms with van der Waals surface area (Å²) in [6, 6.07) is 0. The van der Waals surface area contributed by atoms with Gasteiger partial charge in [0.1, 0.15) is 5.25 Å². The first kappa shape index (κ1) is 25.2. The van der Waals surface area contributed by atoms with E-state index >= 15 is 0 Å². The maximum Gasteiger partial charge on any atom is 0.460 e. The summed E-state index contributed by atoms with van der Waals surface area (Å²) in [5.41, 5.74) is 0. The van der Waals surface area contributed by atoms with Crippen LogP contribution in [0.25, 0.3) is 0 Å². The highest BCUT2D eigenvalue weighted by atomic mass is 32.2. The maximum absolute atomic E-state index is 13.3. The molecule has 0 saturated carbocycles. The molecule has 0 rings (SSSR count). The van der Waals surface area contributed by atoms with Crippen molar-refractivity contribution in [3.63, 3.8) is 0 Å². The van der Waals surface area contributed by atoms with Crippen LogP contribution in [-0.2, 0) is 9.53 Å². The van der Waals surface area contributed by atoms with Gasteiger partial charge in [0, 0.05) is 6.42 Å². The Labute approximate surface area is 148 Å². The second-order valence-electron chi connectivity index (χ2n) is 5.48. The molecule has 0 aliphatic carbocycles. The first-order valence-electron chi connectivity index (χ1n) is 7.55. The summed E-state index contributed by atoms with van der Waals surface area (Å²) in [7, 11) is 1.09. The molecule has 0 N–H and O–H groups in total. The van der Waals surface area contributed by atoms with Crippen LogP contribution in [-0.4, -0.2) is 48.0 Å². The smallest absolute Gasteiger partial charge is 0.460 e. The van der Waals surface area contributed by atoms with Crippen LogP contribution in [0.4, 0.5) is 39.5 Å². The van der Waals surface area contributed by atoms with E-state index in [4.69, 9.17) is 0 Å². The molecule has 0 spiro atoms. The highest BCUT2D eigenvalue weighted by molar-refractivity contribution is 8.00. The molecule has 0 heterocycles. The van der Waals surface area contributed by atoms with E-state index in [9.17, 15) is 44.3 Å². The second-order valence-corrected chi connectivity index (χ2v) is 6.79. The predicted octanol–water partition coefficient (Wildman–Crippen LogP) is 5.70. The number of esters is 1. The standard InChI is InChI=1S/C14H19F9O2S/c1-3-4-6-9(10(24)25-2)26-8-5-7-11(15,16)12(17,18)13(19,20)14(21,22)23/h9H,3-8H2,1-2H3. The van der Waals surface area contributed by atoms with Crippen molar-refractivity contribution in [3.8, 4) is 0 Å². The van der Waals surface area contributed by atoms with E-state index in [1.54, 1.807) is 0 Å². The topological polar surface area (TPSA) is 26.3 Å². The third kappa shape index (κ3) is 5.85. The highest BCUT2D eigenvalue weighted by Crippen LogP contribution is 2.54. The molecule has 0 amide bonds. The molecule has 0 radical (unpaired) electrons. The Bertz CT molecular complexity index is 452. The second kappa shape index (κ2) is 9.41. The lowest BCUT2D eigenvalue weighted by Gasteiger charge is -2.33. The van der Waals surface area contributed by atoms with Crippen molar-refractivity contribution in [2.24, 2.45) is 0 Å². The summed E-state index contributed by atoms with van der Waals surface area (Å²) < 4.78 is 119. The van der Waals surface area contributed by atoms with Crippen LogP contribution in [0.5, 0.6) is 0 Å². The van der Waals surface area contributed by atoms with E-state index in [-0.39, 0.29) is 5.75 Å². The molecular weight excluding hydrogens is 403 g/mol. The van der Waals surface area contributed by atoms with Gasteiger partial charge in [0.05, 0.1) is 7.11 Å². The van der Waals surface area contributed by atoms with Gasteiger partial charge in [0.15, 0.2) is 0 Å². The molecule has 0 aromatic rings. The van der Waals surface area contributed by atoms with Crippen LogP contribution in [0, 0.1) is 0 Å². The summed E-state index contributed by atoms with van der Waals surface area (Å²) in [6.07, 6.45) is -7.86. The molecule has 1 atom stereocenters. The number of carbonyl (C=O) groups is 1. The third-order valence-electron chi connectivity index (χ3n) is 3.45. The fraction of sp³-hybridized carbons (Fsp3) is 0.929. The molecular formula is C14H19F9O2S. The first-order valence-corrected chi connectivity index (χ1v) is 8.60. The molecule has 0 aliphatic rings. The maximum atomic E-state index is 13.3. The van der Waals surface area contributed by atoms with Crippen LogP contribution in [0.2, 0.25) is 0 Å². The number of thioether (sulfide) groups is 1. The van der Waals surface area contributed by atoms with Gasteiger partial charge in [-0.15, -0.1) is 11.8 Å². The molecule has 2 nitrogen and oxygen atoms in total. The minimum atomic E-state index is -6.87. The zero-order valence-electron chi connectivity index (χ0n) is 13.9. The van der Waals surface area contributed by atoms with Gasteiger partial charge in [0.25, 0.3) is 0 Å². The third-order valence-corrected chi connectivity index (χ3v) is 4.80. The molecule has 0 fully saturated rings. The Morgan fingerprint density at radius 3 is 1.92 bits per heavy atom. The van der Waals surface area contributed by atoms with Crippen molar-refractivity contribution in [2.45, 2.75) is 68.2 Å². The zero-order valence-corrected chi connectivity index (χ0v) is 14.8. The highest BCUT2D eigenvalue weighted by Gasteiger charge is 2.81. The fourth-order valence-electron chi connectivity index (χ4n) is 1.87. The summed E-state index contributed by atoms with van der Waals surface area (Å²) in [5, 5.41) is -0.759. The Balaban J connectivity index is 4.84. The van der Waals surface area contributed by atoms with Crippen molar-refractivity contribution in [1.82, 2.24) is 0 Å². The largest absolute Gasteiger partial charge is 0.468 e. The summed E-state index contributed by atoms with van der Waals surface area (Å²) in [6.45, 7) is 1.82. The number of hydrogen-bond donors (Lipinski definition) is 0. The van der Waals surface area contributed by atoms with Crippen LogP contribution < -0.4 is 0 Å². The van der Waals surface area contributed by atoms with Crippen LogP contribution in [0.15, 0.2) is 0 Å². The Kier molecular flexibility index (Phi) is 9.11. The van der Waals surface area contributed by atoms with E-state index in [1.165, 1.54) is 0 Å². The molecule has 1 unspecified atom stereocenters. The Morgan fingerprint density at radius 2 is 1.50 bits per heavy atom. The molecule has 12 heteroatoms. The van der Waals surface area contributed by atoms with Crippen LogP contribution in [0.3, 0.4) is 0 Å². The molecule has 156 valence electrons. The predicted molar refractivity (Wildman–Crippen MR) is 77.9 cm³/mol. The van der Waals surface area contributed by atoms with E-state index in [0.29, 0.717) is 19.3 Å². The molecule has 26 heavy (non-hydrogen) atoms. The summed E-state index contributed by atoms with van der Waals surface area (Å²) in [5.74, 6) is -20.0. The fourth-order valence-corrected chi connectivity index (χ4v) is 3.04. The van der Waals surface area contributed by atoms with Gasteiger partial charge in [-0.3, -0.25) is 4.79 Å². The monoisotopic (exact) mass is 422 g/mol. The van der Waals surface area contributed by atoms with Gasteiger partial charge in [0.2, 0.25) is 0 Å². The van der Waals surface area contributed by atoms with E-state index in [0.717, 1.165) is 18.9 Å². The van der Waals surface area contributed by atoms with E-state index in [2.05, 4.69) is 4.74 Å². The Morgan fingerprint density at radius 1 is 0.962 bits per heavy atom. The lowest BCUT2D eigenvalue weighted by atomic mass is 10.00. The van der Waals surface area contributed by atoms with Crippen molar-refractivity contribution in [1.29, 1.82) is 0 Å². The molecule has 0 saturated heterocycles. The number of ether oxygens (including phenoxy) is 1. The van der Waals surface area contributed by atoms with Crippen LogP contribution in [0.1, 0.15) is 39.0 Å². The summed E-state index contributed by atoms with van der Waals surface area (Å²) in [4.78, 5) is 11.5. The van der Waals surface area contributed by atoms with Gasteiger partial charge in [-0.2, -0.15) is 39.5 Å². The van der Waals surface area contributed by atoms with Crippen LogP contribution >= 0.6 is 11.8 Å². The average Bonchev–Trinajstić information content (AvgIpc) is 2.51. The first-order chi connectivity index (χ1) is 11.7. The van der Waals surface area contributed by atoms with Crippen molar-refractivity contribution < 1.29 is 49.0 Å². The lowest BCUT2D eigenvalue weighted by molar-refractivity contribution is -0.396. The SMILES string of the molecule is CCCCC(SCCCC(F)(F)C(F)(F)C(F)(F)C(F)(F)F)C(=O)OC. The molecule has 0 aliphatic heterocycles. The van der Waals surface area contributed by atoms with Crippen molar-refractivity contribution >= 4 is 17.7 Å². The van der Waals surface area contributed by atoms with Gasteiger partial charge < -0.3 is 4.74 Å². The normalized spacial score (nSPS) is 15.0. The number of unbranched alkanes of at least 4 members (excludes halogenated alkanes) is 1. The van der Waals surface area contributed by atoms with Gasteiger partial charge >= 0.3 is 29.9 Å². The number of alkyl halides is 9. The van der Waals surface area contributed by atoms with Gasteiger partial charge in [-0.25, -0.2) is 0 Å². The molecule has 0 aromatic carbocycles. The lowest BCUT2D eigenvalue weighted by Crippen LogP contribution is -2.60. The van der Waals surface area contributed by atoms with Crippen molar-refractivity contribution in [2.75, 3.05) is 12.9 Å². The van der Waals surface area contributed by atoms with E-state index < -0.39 is 48.0 Å². The Hall–Kier alpha value is -0.810. The minimum Gasteiger partial charge on any atom is -0.468 e. The molecule has 0 bridgehead atoms. The minimum absolute atomic E-state index is 0.313. The summed E-state index contributed by atoms with van der Waals surface area (Å²) >= 11 is 0.796. The van der Waals surface area contributed by atoms with Crippen molar-refractivity contribution in [3.05, 3.63) is 0 Å². The number of hydrogen-bond acceptors (Lipinski definition) is 3. The zero-order chi connectivity index (χ0) is 20.8. The number of halogens is 9. The molecule has 0 aromatic heterocycles. The number of rotatable bonds is 11. The number of carbonyl (C=O) groups excluding carboxylic acids is 1. The van der Waals surface area contributed by atoms with E-state index in [1.807, 2.05) is 6.92 Å². The number of methoxy groups -OCH3 is 1. The van der Waals surface area contributed by atoms with Gasteiger partial charge in [-0.1, -0.05) is 19.8 Å². The van der Waals surface area contributed by atoms with Gasteiger partial charge in [-0.05, 0) is 18.6 Å². The quantitative estimate of drug-likeness (QED) is 0.243. The average molecular weight is 422 g/mol.